The summed E-state index contributed by atoms with van der Waals surface area (Å²) in [6, 6.07) is 11.1. The molecule has 2 saturated heterocycles. The molecule has 1 spiro atoms. The van der Waals surface area contributed by atoms with Crippen LogP contribution in [0.1, 0.15) is 32.1 Å². The van der Waals surface area contributed by atoms with E-state index in [2.05, 4.69) is 52.5 Å². The summed E-state index contributed by atoms with van der Waals surface area (Å²) in [6.45, 7) is 4.03. The van der Waals surface area contributed by atoms with Gasteiger partial charge in [0.15, 0.2) is 0 Å². The van der Waals surface area contributed by atoms with Crippen LogP contribution in [0, 0.1) is 11.3 Å². The van der Waals surface area contributed by atoms with Crippen LogP contribution in [0.2, 0.25) is 0 Å². The number of benzene rings is 1. The summed E-state index contributed by atoms with van der Waals surface area (Å²) in [5.41, 5.74) is 1.64. The first-order chi connectivity index (χ1) is 11.7. The van der Waals surface area contributed by atoms with Gasteiger partial charge in [-0.15, -0.1) is 24.8 Å². The van der Waals surface area contributed by atoms with Crippen LogP contribution in [-0.2, 0) is 4.79 Å². The van der Waals surface area contributed by atoms with Crippen molar-refractivity contribution in [3.05, 3.63) is 30.3 Å². The molecule has 26 heavy (non-hydrogen) atoms. The van der Waals surface area contributed by atoms with Crippen LogP contribution >= 0.6 is 24.8 Å². The Bertz CT molecular complexity index is 584. The lowest BCUT2D eigenvalue weighted by Gasteiger charge is -2.38. The summed E-state index contributed by atoms with van der Waals surface area (Å²) in [4.78, 5) is 17.4. The van der Waals surface area contributed by atoms with Crippen molar-refractivity contribution in [2.75, 3.05) is 38.1 Å². The predicted molar refractivity (Wildman–Crippen MR) is 112 cm³/mol. The number of piperidine rings is 2. The number of amides is 1. The van der Waals surface area contributed by atoms with Gasteiger partial charge >= 0.3 is 0 Å². The van der Waals surface area contributed by atoms with Gasteiger partial charge in [0.2, 0.25) is 5.91 Å². The number of hydrogen-bond acceptors (Lipinski definition) is 3. The molecule has 1 N–H and O–H groups in total. The maximum absolute atomic E-state index is 12.9. The molecular formula is C20H31Cl2N3O. The number of anilines is 1. The largest absolute Gasteiger partial charge is 0.371 e. The fraction of sp³-hybridized carbons (Fsp3) is 0.650. The van der Waals surface area contributed by atoms with Gasteiger partial charge in [0, 0.05) is 37.8 Å². The second-order valence-electron chi connectivity index (χ2n) is 7.87. The highest BCUT2D eigenvalue weighted by molar-refractivity contribution is 5.85. The van der Waals surface area contributed by atoms with E-state index in [1.807, 2.05) is 0 Å². The highest BCUT2D eigenvalue weighted by Crippen LogP contribution is 2.59. The van der Waals surface area contributed by atoms with Crippen LogP contribution in [0.25, 0.3) is 0 Å². The maximum Gasteiger partial charge on any atom is 0.226 e. The Hall–Kier alpha value is -0.970. The number of halogens is 2. The fourth-order valence-corrected chi connectivity index (χ4v) is 4.74. The van der Waals surface area contributed by atoms with E-state index in [9.17, 15) is 4.79 Å². The SMILES string of the molecule is CN(c1ccccc1)C1CCN(C(=O)C2CC23CCNCC3)CC1.Cl.Cl. The molecule has 1 unspecified atom stereocenters. The van der Waals surface area contributed by atoms with Crippen LogP contribution in [0.15, 0.2) is 30.3 Å². The van der Waals surface area contributed by atoms with Gasteiger partial charge in [0.05, 0.1) is 0 Å². The molecule has 3 aliphatic rings. The fourth-order valence-electron chi connectivity index (χ4n) is 4.74. The van der Waals surface area contributed by atoms with Gasteiger partial charge in [-0.05, 0) is 62.7 Å². The summed E-state index contributed by atoms with van der Waals surface area (Å²) in [7, 11) is 2.18. The molecule has 1 aromatic rings. The van der Waals surface area contributed by atoms with E-state index < -0.39 is 0 Å². The topological polar surface area (TPSA) is 35.6 Å². The van der Waals surface area contributed by atoms with Crippen molar-refractivity contribution in [1.29, 1.82) is 0 Å². The lowest BCUT2D eigenvalue weighted by atomic mass is 9.91. The average Bonchev–Trinajstić information content (AvgIpc) is 3.34. The van der Waals surface area contributed by atoms with Gasteiger partial charge in [-0.25, -0.2) is 0 Å². The Morgan fingerprint density at radius 1 is 1.12 bits per heavy atom. The Morgan fingerprint density at radius 3 is 2.35 bits per heavy atom. The summed E-state index contributed by atoms with van der Waals surface area (Å²) < 4.78 is 0. The van der Waals surface area contributed by atoms with Crippen molar-refractivity contribution in [1.82, 2.24) is 10.2 Å². The van der Waals surface area contributed by atoms with Crippen molar-refractivity contribution < 1.29 is 4.79 Å². The minimum atomic E-state index is 0. The van der Waals surface area contributed by atoms with Crippen molar-refractivity contribution in [2.24, 2.45) is 11.3 Å². The molecule has 1 amide bonds. The zero-order valence-corrected chi connectivity index (χ0v) is 17.2. The third-order valence-electron chi connectivity index (χ3n) is 6.57. The molecule has 2 aliphatic heterocycles. The van der Waals surface area contributed by atoms with E-state index in [0.29, 0.717) is 23.3 Å². The molecule has 0 bridgehead atoms. The maximum atomic E-state index is 12.9. The minimum absolute atomic E-state index is 0. The molecule has 1 aromatic carbocycles. The van der Waals surface area contributed by atoms with E-state index in [1.54, 1.807) is 0 Å². The molecule has 1 saturated carbocycles. The monoisotopic (exact) mass is 399 g/mol. The van der Waals surface area contributed by atoms with Crippen LogP contribution in [0.3, 0.4) is 0 Å². The molecule has 4 rings (SSSR count). The van der Waals surface area contributed by atoms with Crippen LogP contribution in [0.4, 0.5) is 5.69 Å². The number of carbonyl (C=O) groups is 1. The van der Waals surface area contributed by atoms with E-state index >= 15 is 0 Å². The van der Waals surface area contributed by atoms with Gasteiger partial charge in [0.1, 0.15) is 0 Å². The van der Waals surface area contributed by atoms with Gasteiger partial charge in [-0.1, -0.05) is 18.2 Å². The molecule has 1 aliphatic carbocycles. The normalized spacial score (nSPS) is 24.3. The molecular weight excluding hydrogens is 369 g/mol. The van der Waals surface area contributed by atoms with E-state index in [0.717, 1.165) is 45.4 Å². The highest BCUT2D eigenvalue weighted by Gasteiger charge is 2.58. The summed E-state index contributed by atoms with van der Waals surface area (Å²) in [6.07, 6.45) is 5.68. The second-order valence-corrected chi connectivity index (χ2v) is 7.87. The third-order valence-corrected chi connectivity index (χ3v) is 6.57. The highest BCUT2D eigenvalue weighted by atomic mass is 35.5. The smallest absolute Gasteiger partial charge is 0.226 e. The standard InChI is InChI=1S/C20H29N3O.2ClH/c1-22(16-5-3-2-4-6-16)17-7-13-23(14-8-17)19(24)18-15-20(18)9-11-21-12-10-20;;/h2-6,17-18,21H,7-15H2,1H3;2*1H. The first-order valence-electron chi connectivity index (χ1n) is 9.47. The third kappa shape index (κ3) is 4.13. The molecule has 3 fully saturated rings. The van der Waals surface area contributed by atoms with E-state index in [1.165, 1.54) is 18.5 Å². The van der Waals surface area contributed by atoms with Gasteiger partial charge < -0.3 is 15.1 Å². The number of likely N-dealkylation sites (tertiary alicyclic amines) is 1. The summed E-state index contributed by atoms with van der Waals surface area (Å²) in [5.74, 6) is 0.765. The zero-order valence-electron chi connectivity index (χ0n) is 15.5. The molecule has 0 aromatic heterocycles. The molecule has 0 radical (unpaired) electrons. The minimum Gasteiger partial charge on any atom is -0.371 e. The Morgan fingerprint density at radius 2 is 1.73 bits per heavy atom. The van der Waals surface area contributed by atoms with Crippen LogP contribution < -0.4 is 10.2 Å². The van der Waals surface area contributed by atoms with E-state index in [4.69, 9.17) is 0 Å². The van der Waals surface area contributed by atoms with Crippen molar-refractivity contribution in [3.63, 3.8) is 0 Å². The Labute approximate surface area is 169 Å². The lowest BCUT2D eigenvalue weighted by molar-refractivity contribution is -0.134. The van der Waals surface area contributed by atoms with Gasteiger partial charge in [0.25, 0.3) is 0 Å². The zero-order chi connectivity index (χ0) is 16.6. The van der Waals surface area contributed by atoms with Crippen LogP contribution in [0.5, 0.6) is 0 Å². The van der Waals surface area contributed by atoms with Crippen molar-refractivity contribution >= 4 is 36.4 Å². The number of carbonyl (C=O) groups excluding carboxylic acids is 1. The molecule has 4 nitrogen and oxygen atoms in total. The molecule has 2 heterocycles. The Balaban J connectivity index is 0.00000121. The summed E-state index contributed by atoms with van der Waals surface area (Å²) in [5, 5.41) is 3.42. The summed E-state index contributed by atoms with van der Waals surface area (Å²) >= 11 is 0. The van der Waals surface area contributed by atoms with Crippen molar-refractivity contribution in [3.8, 4) is 0 Å². The second kappa shape index (κ2) is 8.81. The number of nitrogens with one attached hydrogen (secondary N) is 1. The average molecular weight is 400 g/mol. The number of para-hydroxylation sites is 1. The quantitative estimate of drug-likeness (QED) is 0.846. The van der Waals surface area contributed by atoms with Crippen molar-refractivity contribution in [2.45, 2.75) is 38.1 Å². The molecule has 146 valence electrons. The number of nitrogens with zero attached hydrogens (tertiary/aromatic N) is 2. The Kier molecular flexibility index (Phi) is 7.23. The lowest BCUT2D eigenvalue weighted by Crippen LogP contribution is -2.46. The molecule has 6 heteroatoms. The van der Waals surface area contributed by atoms with E-state index in [-0.39, 0.29) is 24.8 Å². The van der Waals surface area contributed by atoms with Gasteiger partial charge in [-0.2, -0.15) is 0 Å². The number of hydrogen-bond donors (Lipinski definition) is 1. The molecule has 1 atom stereocenters. The predicted octanol–water partition coefficient (Wildman–Crippen LogP) is 3.35. The van der Waals surface area contributed by atoms with Crippen LogP contribution in [-0.4, -0.2) is 50.1 Å². The van der Waals surface area contributed by atoms with Gasteiger partial charge in [-0.3, -0.25) is 4.79 Å². The first-order valence-corrected chi connectivity index (χ1v) is 9.47. The number of rotatable bonds is 3. The first kappa shape index (κ1) is 21.3.